The molecule has 0 bridgehead atoms. The lowest BCUT2D eigenvalue weighted by Crippen LogP contribution is -2.23. The zero-order valence-electron chi connectivity index (χ0n) is 13.7. The van der Waals surface area contributed by atoms with Crippen molar-refractivity contribution in [3.05, 3.63) is 57.0 Å². The first-order valence-electron chi connectivity index (χ1n) is 7.62. The Labute approximate surface area is 155 Å². The maximum atomic E-state index is 9.30. The molecule has 0 saturated heterocycles. The van der Waals surface area contributed by atoms with Gasteiger partial charge in [0.05, 0.1) is 17.7 Å². The van der Waals surface area contributed by atoms with Gasteiger partial charge in [-0.1, -0.05) is 29.8 Å². The molecule has 4 nitrogen and oxygen atoms in total. The normalized spacial score (nSPS) is 12.0. The second-order valence-corrected chi connectivity index (χ2v) is 6.73. The van der Waals surface area contributed by atoms with E-state index in [1.165, 1.54) is 0 Å². The Kier molecular flexibility index (Phi) is 7.37. The fourth-order valence-electron chi connectivity index (χ4n) is 2.21. The van der Waals surface area contributed by atoms with Crippen molar-refractivity contribution in [3.63, 3.8) is 0 Å². The summed E-state index contributed by atoms with van der Waals surface area (Å²) in [7, 11) is 1.61. The number of benzene rings is 2. The van der Waals surface area contributed by atoms with Gasteiger partial charge in [-0.25, -0.2) is 0 Å². The van der Waals surface area contributed by atoms with Gasteiger partial charge >= 0.3 is 0 Å². The molecule has 2 aromatic rings. The third-order valence-electron chi connectivity index (χ3n) is 3.39. The van der Waals surface area contributed by atoms with Crippen LogP contribution < -0.4 is 14.8 Å². The minimum Gasteiger partial charge on any atom is -0.493 e. The van der Waals surface area contributed by atoms with Crippen molar-refractivity contribution in [2.75, 3.05) is 13.7 Å². The van der Waals surface area contributed by atoms with Crippen LogP contribution in [0.3, 0.4) is 0 Å². The molecule has 0 aliphatic heterocycles. The molecule has 0 fully saturated rings. The van der Waals surface area contributed by atoms with Crippen LogP contribution in [-0.2, 0) is 13.2 Å². The zero-order chi connectivity index (χ0) is 17.5. The van der Waals surface area contributed by atoms with Crippen LogP contribution in [0.4, 0.5) is 0 Å². The van der Waals surface area contributed by atoms with E-state index in [1.54, 1.807) is 14.0 Å². The van der Waals surface area contributed by atoms with E-state index >= 15 is 0 Å². The Hall–Kier alpha value is -1.27. The van der Waals surface area contributed by atoms with Gasteiger partial charge in [-0.05, 0) is 46.6 Å². The Morgan fingerprint density at radius 1 is 1.29 bits per heavy atom. The molecule has 0 heterocycles. The van der Waals surface area contributed by atoms with E-state index in [0.29, 0.717) is 36.2 Å². The second-order valence-electron chi connectivity index (χ2n) is 5.47. The predicted octanol–water partition coefficient (Wildman–Crippen LogP) is 4.16. The highest BCUT2D eigenvalue weighted by Gasteiger charge is 2.13. The van der Waals surface area contributed by atoms with Gasteiger partial charge in [-0.2, -0.15) is 0 Å². The third kappa shape index (κ3) is 5.38. The summed E-state index contributed by atoms with van der Waals surface area (Å²) in [6, 6.07) is 11.5. The first-order chi connectivity index (χ1) is 11.5. The molecule has 0 unspecified atom stereocenters. The lowest BCUT2D eigenvalue weighted by Gasteiger charge is -2.15. The quantitative estimate of drug-likeness (QED) is 0.681. The number of methoxy groups -OCH3 is 1. The number of aliphatic hydroxyl groups excluding tert-OH is 1. The van der Waals surface area contributed by atoms with Gasteiger partial charge in [0.2, 0.25) is 0 Å². The maximum Gasteiger partial charge on any atom is 0.175 e. The Morgan fingerprint density at radius 3 is 2.71 bits per heavy atom. The largest absolute Gasteiger partial charge is 0.493 e. The van der Waals surface area contributed by atoms with Crippen molar-refractivity contribution in [2.24, 2.45) is 0 Å². The van der Waals surface area contributed by atoms with E-state index in [9.17, 15) is 5.11 Å². The van der Waals surface area contributed by atoms with Crippen LogP contribution in [0.2, 0.25) is 5.02 Å². The molecule has 130 valence electrons. The Balaban J connectivity index is 2.10. The van der Waals surface area contributed by atoms with Gasteiger partial charge in [-0.15, -0.1) is 0 Å². The number of halogens is 2. The van der Waals surface area contributed by atoms with Crippen LogP contribution in [0.1, 0.15) is 18.1 Å². The highest BCUT2D eigenvalue weighted by molar-refractivity contribution is 9.10. The number of hydrogen-bond acceptors (Lipinski definition) is 4. The molecule has 0 spiro atoms. The van der Waals surface area contributed by atoms with Crippen molar-refractivity contribution in [1.29, 1.82) is 0 Å². The lowest BCUT2D eigenvalue weighted by molar-refractivity contribution is 0.191. The standard InChI is InChI=1S/C18H21BrClNO3/c1-12(22)9-21-10-13-7-15(19)18(17(8-13)23-2)24-11-14-5-3-4-6-16(14)20/h3-8,12,21-22H,9-11H2,1-2H3/t12-/m1/s1. The molecule has 24 heavy (non-hydrogen) atoms. The molecule has 2 aromatic carbocycles. The number of hydrogen-bond donors (Lipinski definition) is 2. The summed E-state index contributed by atoms with van der Waals surface area (Å²) in [6.45, 7) is 3.26. The van der Waals surface area contributed by atoms with Crippen LogP contribution in [0.25, 0.3) is 0 Å². The highest BCUT2D eigenvalue weighted by atomic mass is 79.9. The maximum absolute atomic E-state index is 9.30. The minimum absolute atomic E-state index is 0.355. The highest BCUT2D eigenvalue weighted by Crippen LogP contribution is 2.37. The first-order valence-corrected chi connectivity index (χ1v) is 8.79. The number of ether oxygens (including phenoxy) is 2. The van der Waals surface area contributed by atoms with Crippen molar-refractivity contribution in [1.82, 2.24) is 5.32 Å². The van der Waals surface area contributed by atoms with Gasteiger partial charge in [-0.3, -0.25) is 0 Å². The van der Waals surface area contributed by atoms with Crippen LogP contribution in [0, 0.1) is 0 Å². The monoisotopic (exact) mass is 413 g/mol. The van der Waals surface area contributed by atoms with E-state index < -0.39 is 0 Å². The van der Waals surface area contributed by atoms with E-state index in [1.807, 2.05) is 36.4 Å². The summed E-state index contributed by atoms with van der Waals surface area (Å²) >= 11 is 9.70. The first kappa shape index (κ1) is 19.1. The number of rotatable bonds is 8. The summed E-state index contributed by atoms with van der Waals surface area (Å²) in [4.78, 5) is 0. The van der Waals surface area contributed by atoms with Gasteiger partial charge in [0.15, 0.2) is 11.5 Å². The summed E-state index contributed by atoms with van der Waals surface area (Å²) in [5, 5.41) is 13.2. The number of aliphatic hydroxyl groups is 1. The van der Waals surface area contributed by atoms with E-state index in [2.05, 4.69) is 21.2 Å². The molecular weight excluding hydrogens is 394 g/mol. The fourth-order valence-corrected chi connectivity index (χ4v) is 3.00. The Bertz CT molecular complexity index is 679. The minimum atomic E-state index is -0.381. The van der Waals surface area contributed by atoms with Crippen molar-refractivity contribution in [2.45, 2.75) is 26.2 Å². The van der Waals surface area contributed by atoms with E-state index in [4.69, 9.17) is 21.1 Å². The predicted molar refractivity (Wildman–Crippen MR) is 99.9 cm³/mol. The van der Waals surface area contributed by atoms with Crippen molar-refractivity contribution in [3.8, 4) is 11.5 Å². The van der Waals surface area contributed by atoms with Gasteiger partial charge in [0.1, 0.15) is 6.61 Å². The molecule has 0 radical (unpaired) electrons. The number of nitrogens with one attached hydrogen (secondary N) is 1. The van der Waals surface area contributed by atoms with Gasteiger partial charge < -0.3 is 19.9 Å². The topological polar surface area (TPSA) is 50.7 Å². The molecule has 0 saturated carbocycles. The summed E-state index contributed by atoms with van der Waals surface area (Å²) < 4.78 is 12.2. The molecule has 2 N–H and O–H groups in total. The molecule has 0 amide bonds. The summed E-state index contributed by atoms with van der Waals surface area (Å²) in [5.41, 5.74) is 1.94. The van der Waals surface area contributed by atoms with Gasteiger partial charge in [0.25, 0.3) is 0 Å². The van der Waals surface area contributed by atoms with Crippen LogP contribution >= 0.6 is 27.5 Å². The molecule has 1 atom stereocenters. The third-order valence-corrected chi connectivity index (χ3v) is 4.35. The Morgan fingerprint density at radius 2 is 2.04 bits per heavy atom. The van der Waals surface area contributed by atoms with E-state index in [-0.39, 0.29) is 6.10 Å². The SMILES string of the molecule is COc1cc(CNC[C@@H](C)O)cc(Br)c1OCc1ccccc1Cl. The van der Waals surface area contributed by atoms with Crippen LogP contribution in [0.15, 0.2) is 40.9 Å². The molecule has 0 aromatic heterocycles. The van der Waals surface area contributed by atoms with Gasteiger partial charge in [0, 0.05) is 23.7 Å². The molecular formula is C18H21BrClNO3. The summed E-state index contributed by atoms with van der Waals surface area (Å²) in [6.07, 6.45) is -0.381. The smallest absolute Gasteiger partial charge is 0.175 e. The van der Waals surface area contributed by atoms with Crippen molar-refractivity contribution < 1.29 is 14.6 Å². The molecule has 0 aliphatic carbocycles. The summed E-state index contributed by atoms with van der Waals surface area (Å²) in [5.74, 6) is 1.28. The molecule has 2 rings (SSSR count). The lowest BCUT2D eigenvalue weighted by atomic mass is 10.2. The van der Waals surface area contributed by atoms with Crippen LogP contribution in [-0.4, -0.2) is 24.9 Å². The zero-order valence-corrected chi connectivity index (χ0v) is 16.0. The van der Waals surface area contributed by atoms with Crippen molar-refractivity contribution >= 4 is 27.5 Å². The van der Waals surface area contributed by atoms with Crippen LogP contribution in [0.5, 0.6) is 11.5 Å². The second kappa shape index (κ2) is 9.28. The molecule has 6 heteroatoms. The average molecular weight is 415 g/mol. The van der Waals surface area contributed by atoms with E-state index in [0.717, 1.165) is 15.6 Å². The fraction of sp³-hybridized carbons (Fsp3) is 0.333. The average Bonchev–Trinajstić information content (AvgIpc) is 2.54. The molecule has 0 aliphatic rings.